The van der Waals surface area contributed by atoms with Crippen LogP contribution in [0, 0.1) is 12.7 Å². The van der Waals surface area contributed by atoms with Crippen LogP contribution in [0.25, 0.3) is 0 Å². The molecule has 0 aliphatic heterocycles. The third-order valence-corrected chi connectivity index (χ3v) is 4.79. The van der Waals surface area contributed by atoms with Crippen LogP contribution in [-0.2, 0) is 6.42 Å². The van der Waals surface area contributed by atoms with Crippen LogP contribution in [0.3, 0.4) is 0 Å². The summed E-state index contributed by atoms with van der Waals surface area (Å²) in [6, 6.07) is 11.7. The summed E-state index contributed by atoms with van der Waals surface area (Å²) < 4.78 is 14.8. The molecule has 3 rings (SSSR count). The molecule has 19 heavy (non-hydrogen) atoms. The van der Waals surface area contributed by atoms with Gasteiger partial charge in [0.15, 0.2) is 0 Å². The summed E-state index contributed by atoms with van der Waals surface area (Å²) in [4.78, 5) is 0. The zero-order valence-electron chi connectivity index (χ0n) is 10.7. The predicted molar refractivity (Wildman–Crippen MR) is 80.0 cm³/mol. The molecule has 3 heteroatoms. The summed E-state index contributed by atoms with van der Waals surface area (Å²) in [6.07, 6.45) is 1.75. The molecule has 1 atom stereocenters. The quantitative estimate of drug-likeness (QED) is 0.821. The normalized spacial score (nSPS) is 17.3. The molecular weight excluding hydrogens is 305 g/mol. The average Bonchev–Trinajstić information content (AvgIpc) is 2.80. The van der Waals surface area contributed by atoms with E-state index in [0.717, 1.165) is 34.1 Å². The lowest BCUT2D eigenvalue weighted by atomic mass is 10.1. The van der Waals surface area contributed by atoms with Crippen molar-refractivity contribution in [3.8, 4) is 0 Å². The van der Waals surface area contributed by atoms with Crippen molar-refractivity contribution in [3.63, 3.8) is 0 Å². The lowest BCUT2D eigenvalue weighted by Gasteiger charge is -2.17. The maximum absolute atomic E-state index is 13.7. The first kappa shape index (κ1) is 12.7. The fraction of sp³-hybridized carbons (Fsp3) is 0.250. The second kappa shape index (κ2) is 4.97. The van der Waals surface area contributed by atoms with Crippen molar-refractivity contribution in [2.24, 2.45) is 0 Å². The highest BCUT2D eigenvalue weighted by Gasteiger charge is 2.25. The van der Waals surface area contributed by atoms with Gasteiger partial charge in [0.05, 0.1) is 6.04 Å². The third-order valence-electron chi connectivity index (χ3n) is 3.74. The van der Waals surface area contributed by atoms with Gasteiger partial charge in [-0.15, -0.1) is 0 Å². The van der Waals surface area contributed by atoms with Gasteiger partial charge in [-0.3, -0.25) is 0 Å². The molecule has 1 aliphatic carbocycles. The summed E-state index contributed by atoms with van der Waals surface area (Å²) in [5, 5.41) is 3.52. The van der Waals surface area contributed by atoms with E-state index in [4.69, 9.17) is 0 Å². The minimum Gasteiger partial charge on any atom is -0.377 e. The van der Waals surface area contributed by atoms with Gasteiger partial charge in [-0.25, -0.2) is 4.39 Å². The van der Waals surface area contributed by atoms with Crippen LogP contribution in [0.2, 0.25) is 0 Å². The number of fused-ring (bicyclic) bond motifs is 1. The summed E-state index contributed by atoms with van der Waals surface area (Å²) >= 11 is 3.61. The molecule has 2 aromatic rings. The van der Waals surface area contributed by atoms with Crippen molar-refractivity contribution >= 4 is 21.6 Å². The maximum atomic E-state index is 13.7. The Hall–Kier alpha value is -1.35. The highest BCUT2D eigenvalue weighted by Crippen LogP contribution is 2.37. The lowest BCUT2D eigenvalue weighted by Crippen LogP contribution is -2.08. The van der Waals surface area contributed by atoms with E-state index in [-0.39, 0.29) is 11.9 Å². The fourth-order valence-corrected chi connectivity index (χ4v) is 3.09. The van der Waals surface area contributed by atoms with Crippen LogP contribution in [0.4, 0.5) is 10.1 Å². The van der Waals surface area contributed by atoms with Crippen LogP contribution in [0.5, 0.6) is 0 Å². The van der Waals surface area contributed by atoms with Gasteiger partial charge in [0.2, 0.25) is 0 Å². The van der Waals surface area contributed by atoms with E-state index in [1.807, 2.05) is 18.2 Å². The molecule has 0 saturated heterocycles. The average molecular weight is 320 g/mol. The number of benzene rings is 2. The number of halogens is 2. The third kappa shape index (κ3) is 2.27. The van der Waals surface area contributed by atoms with Crippen molar-refractivity contribution in [1.82, 2.24) is 0 Å². The Labute approximate surface area is 121 Å². The smallest absolute Gasteiger partial charge is 0.126 e. The molecule has 0 heterocycles. The van der Waals surface area contributed by atoms with Gasteiger partial charge in [0.1, 0.15) is 5.82 Å². The van der Waals surface area contributed by atoms with Gasteiger partial charge >= 0.3 is 0 Å². The summed E-state index contributed by atoms with van der Waals surface area (Å²) in [7, 11) is 0. The zero-order valence-corrected chi connectivity index (χ0v) is 12.3. The Kier molecular flexibility index (Phi) is 3.31. The highest BCUT2D eigenvalue weighted by atomic mass is 79.9. The summed E-state index contributed by atoms with van der Waals surface area (Å²) in [5.74, 6) is -0.0786. The minimum atomic E-state index is -0.0786. The zero-order chi connectivity index (χ0) is 13.4. The number of anilines is 1. The van der Waals surface area contributed by atoms with E-state index in [0.29, 0.717) is 0 Å². The molecule has 0 saturated carbocycles. The lowest BCUT2D eigenvalue weighted by molar-refractivity contribution is 0.612. The molecule has 0 bridgehead atoms. The summed E-state index contributed by atoms with van der Waals surface area (Å²) in [6.45, 7) is 2.07. The van der Waals surface area contributed by atoms with Crippen LogP contribution >= 0.6 is 15.9 Å². The Morgan fingerprint density at radius 2 is 2.00 bits per heavy atom. The highest BCUT2D eigenvalue weighted by molar-refractivity contribution is 9.10. The minimum absolute atomic E-state index is 0.0786. The van der Waals surface area contributed by atoms with E-state index >= 15 is 0 Å². The van der Waals surface area contributed by atoms with E-state index < -0.39 is 0 Å². The molecule has 0 amide bonds. The van der Waals surface area contributed by atoms with Crippen LogP contribution in [-0.4, -0.2) is 0 Å². The maximum Gasteiger partial charge on any atom is 0.126 e. The molecular formula is C16H15BrFN. The van der Waals surface area contributed by atoms with Crippen LogP contribution in [0.15, 0.2) is 40.9 Å². The number of rotatable bonds is 2. The molecule has 1 nitrogen and oxygen atoms in total. The summed E-state index contributed by atoms with van der Waals surface area (Å²) in [5.41, 5.74) is 4.22. The van der Waals surface area contributed by atoms with E-state index in [1.54, 1.807) is 12.1 Å². The second-order valence-corrected chi connectivity index (χ2v) is 5.77. The Balaban J connectivity index is 1.91. The topological polar surface area (TPSA) is 12.0 Å². The molecule has 1 unspecified atom stereocenters. The predicted octanol–water partition coefficient (Wildman–Crippen LogP) is 5.00. The van der Waals surface area contributed by atoms with E-state index in [2.05, 4.69) is 34.2 Å². The van der Waals surface area contributed by atoms with E-state index in [9.17, 15) is 4.39 Å². The number of nitrogens with one attached hydrogen (secondary N) is 1. The Morgan fingerprint density at radius 1 is 1.21 bits per heavy atom. The van der Waals surface area contributed by atoms with Gasteiger partial charge in [-0.2, -0.15) is 0 Å². The van der Waals surface area contributed by atoms with Gasteiger partial charge in [0, 0.05) is 10.2 Å². The van der Waals surface area contributed by atoms with E-state index in [1.165, 1.54) is 5.56 Å². The largest absolute Gasteiger partial charge is 0.377 e. The molecule has 0 fully saturated rings. The van der Waals surface area contributed by atoms with Crippen molar-refractivity contribution in [1.29, 1.82) is 0 Å². The van der Waals surface area contributed by atoms with Gasteiger partial charge in [-0.1, -0.05) is 24.3 Å². The van der Waals surface area contributed by atoms with Crippen molar-refractivity contribution < 1.29 is 4.39 Å². The SMILES string of the molecule is Cc1cccc(NC2CCc3c(F)cccc32)c1Br. The first-order chi connectivity index (χ1) is 9.16. The van der Waals surface area contributed by atoms with Crippen molar-refractivity contribution in [3.05, 3.63) is 63.4 Å². The van der Waals surface area contributed by atoms with Gasteiger partial charge < -0.3 is 5.32 Å². The van der Waals surface area contributed by atoms with Gasteiger partial charge in [-0.05, 0) is 64.5 Å². The van der Waals surface area contributed by atoms with Crippen LogP contribution < -0.4 is 5.32 Å². The standard InChI is InChI=1S/C16H15BrFN/c1-10-4-2-7-15(16(10)17)19-14-9-8-11-12(14)5-3-6-13(11)18/h2-7,14,19H,8-9H2,1H3. The van der Waals surface area contributed by atoms with Crippen molar-refractivity contribution in [2.45, 2.75) is 25.8 Å². The monoisotopic (exact) mass is 319 g/mol. The van der Waals surface area contributed by atoms with Gasteiger partial charge in [0.25, 0.3) is 0 Å². The molecule has 0 radical (unpaired) electrons. The first-order valence-corrected chi connectivity index (χ1v) is 7.25. The Morgan fingerprint density at radius 3 is 2.84 bits per heavy atom. The number of hydrogen-bond acceptors (Lipinski definition) is 1. The number of hydrogen-bond donors (Lipinski definition) is 1. The molecule has 2 aromatic carbocycles. The van der Waals surface area contributed by atoms with Crippen molar-refractivity contribution in [2.75, 3.05) is 5.32 Å². The molecule has 1 aliphatic rings. The molecule has 1 N–H and O–H groups in total. The number of aryl methyl sites for hydroxylation is 1. The Bertz CT molecular complexity index is 624. The first-order valence-electron chi connectivity index (χ1n) is 6.46. The molecule has 98 valence electrons. The molecule has 0 spiro atoms. The second-order valence-electron chi connectivity index (χ2n) is 4.98. The van der Waals surface area contributed by atoms with Crippen LogP contribution in [0.1, 0.15) is 29.2 Å². The fourth-order valence-electron chi connectivity index (χ4n) is 2.71. The molecule has 0 aromatic heterocycles.